The van der Waals surface area contributed by atoms with E-state index >= 15 is 0 Å². The lowest BCUT2D eigenvalue weighted by Gasteiger charge is -2.37. The van der Waals surface area contributed by atoms with Gasteiger partial charge in [-0.15, -0.1) is 0 Å². The van der Waals surface area contributed by atoms with Crippen LogP contribution >= 0.6 is 0 Å². The summed E-state index contributed by atoms with van der Waals surface area (Å²) in [5.74, 6) is 1.60. The van der Waals surface area contributed by atoms with Gasteiger partial charge in [0.05, 0.1) is 14.2 Å². The Hall–Kier alpha value is -1.95. The lowest BCUT2D eigenvalue weighted by Crippen LogP contribution is -2.51. The number of anilines is 1. The molecule has 2 aliphatic rings. The number of hydrogen-bond donors (Lipinski definition) is 0. The maximum absolute atomic E-state index is 12.4. The van der Waals surface area contributed by atoms with Gasteiger partial charge in [-0.3, -0.25) is 4.79 Å². The van der Waals surface area contributed by atoms with E-state index in [-0.39, 0.29) is 12.0 Å². The highest BCUT2D eigenvalue weighted by molar-refractivity contribution is 5.81. The van der Waals surface area contributed by atoms with Crippen LogP contribution in [0.2, 0.25) is 0 Å². The summed E-state index contributed by atoms with van der Waals surface area (Å²) < 4.78 is 16.1. The Bertz CT molecular complexity index is 550. The first-order valence-electron chi connectivity index (χ1n) is 8.10. The summed E-state index contributed by atoms with van der Waals surface area (Å²) in [7, 11) is 3.27. The van der Waals surface area contributed by atoms with E-state index in [1.165, 1.54) is 0 Å². The summed E-state index contributed by atoms with van der Waals surface area (Å²) in [6, 6.07) is 5.92. The van der Waals surface area contributed by atoms with Crippen molar-refractivity contribution in [2.24, 2.45) is 0 Å². The van der Waals surface area contributed by atoms with Gasteiger partial charge in [0.1, 0.15) is 6.10 Å². The van der Waals surface area contributed by atoms with Crippen molar-refractivity contribution in [2.75, 3.05) is 51.9 Å². The minimum Gasteiger partial charge on any atom is -0.493 e. The van der Waals surface area contributed by atoms with Gasteiger partial charge in [-0.2, -0.15) is 0 Å². The molecular weight excluding hydrogens is 296 g/mol. The summed E-state index contributed by atoms with van der Waals surface area (Å²) in [6.45, 7) is 3.80. The van der Waals surface area contributed by atoms with Gasteiger partial charge in [0, 0.05) is 44.5 Å². The molecule has 126 valence electrons. The number of benzene rings is 1. The molecule has 3 rings (SSSR count). The minimum atomic E-state index is -0.220. The van der Waals surface area contributed by atoms with E-state index in [1.807, 2.05) is 23.1 Å². The topological polar surface area (TPSA) is 51.2 Å². The maximum Gasteiger partial charge on any atom is 0.251 e. The van der Waals surface area contributed by atoms with E-state index in [0.717, 1.165) is 56.2 Å². The van der Waals surface area contributed by atoms with Crippen molar-refractivity contribution in [2.45, 2.75) is 18.9 Å². The van der Waals surface area contributed by atoms with Crippen molar-refractivity contribution < 1.29 is 19.0 Å². The van der Waals surface area contributed by atoms with Crippen LogP contribution in [0, 0.1) is 0 Å². The monoisotopic (exact) mass is 320 g/mol. The Morgan fingerprint density at radius 2 is 1.87 bits per heavy atom. The fourth-order valence-corrected chi connectivity index (χ4v) is 3.18. The van der Waals surface area contributed by atoms with Crippen molar-refractivity contribution in [3.8, 4) is 11.5 Å². The predicted octanol–water partition coefficient (Wildman–Crippen LogP) is 1.53. The normalized spacial score (nSPS) is 21.4. The third-order valence-electron chi connectivity index (χ3n) is 4.53. The highest BCUT2D eigenvalue weighted by Gasteiger charge is 2.30. The number of amides is 1. The fraction of sp³-hybridized carbons (Fsp3) is 0.588. The molecule has 0 spiro atoms. The zero-order valence-electron chi connectivity index (χ0n) is 13.8. The summed E-state index contributed by atoms with van der Waals surface area (Å²) >= 11 is 0. The second-order valence-electron chi connectivity index (χ2n) is 5.85. The molecule has 2 saturated heterocycles. The number of rotatable bonds is 4. The van der Waals surface area contributed by atoms with Gasteiger partial charge < -0.3 is 24.0 Å². The fourth-order valence-electron chi connectivity index (χ4n) is 3.18. The van der Waals surface area contributed by atoms with Crippen LogP contribution in [0.4, 0.5) is 5.69 Å². The molecule has 2 fully saturated rings. The van der Waals surface area contributed by atoms with Crippen LogP contribution in [0.3, 0.4) is 0 Å². The number of piperazine rings is 1. The van der Waals surface area contributed by atoms with E-state index in [0.29, 0.717) is 6.61 Å². The molecule has 6 heteroatoms. The van der Waals surface area contributed by atoms with Crippen LogP contribution in [-0.4, -0.2) is 63.9 Å². The summed E-state index contributed by atoms with van der Waals surface area (Å²) in [6.07, 6.45) is 1.62. The molecule has 1 atom stereocenters. The molecule has 6 nitrogen and oxygen atoms in total. The first kappa shape index (κ1) is 15.9. The molecule has 0 saturated carbocycles. The van der Waals surface area contributed by atoms with Crippen LogP contribution in [0.1, 0.15) is 12.8 Å². The zero-order valence-corrected chi connectivity index (χ0v) is 13.8. The number of carbonyl (C=O) groups excluding carboxylic acids is 1. The smallest absolute Gasteiger partial charge is 0.251 e. The summed E-state index contributed by atoms with van der Waals surface area (Å²) in [4.78, 5) is 16.6. The van der Waals surface area contributed by atoms with Crippen molar-refractivity contribution in [3.63, 3.8) is 0 Å². The average Bonchev–Trinajstić information content (AvgIpc) is 3.15. The molecule has 0 radical (unpaired) electrons. The minimum absolute atomic E-state index is 0.148. The quantitative estimate of drug-likeness (QED) is 0.842. The molecule has 1 aromatic carbocycles. The molecule has 0 aliphatic carbocycles. The molecule has 1 aromatic rings. The van der Waals surface area contributed by atoms with Crippen molar-refractivity contribution in [3.05, 3.63) is 18.2 Å². The number of carbonyl (C=O) groups is 1. The summed E-state index contributed by atoms with van der Waals surface area (Å²) in [5.41, 5.74) is 1.09. The van der Waals surface area contributed by atoms with Crippen molar-refractivity contribution in [1.29, 1.82) is 0 Å². The number of hydrogen-bond acceptors (Lipinski definition) is 5. The van der Waals surface area contributed by atoms with Gasteiger partial charge in [-0.1, -0.05) is 0 Å². The molecular formula is C17H24N2O4. The third-order valence-corrected chi connectivity index (χ3v) is 4.53. The first-order valence-corrected chi connectivity index (χ1v) is 8.10. The van der Waals surface area contributed by atoms with Crippen LogP contribution in [0.5, 0.6) is 11.5 Å². The molecule has 2 heterocycles. The largest absolute Gasteiger partial charge is 0.493 e. The summed E-state index contributed by atoms with van der Waals surface area (Å²) in [5, 5.41) is 0. The molecule has 1 unspecified atom stereocenters. The maximum atomic E-state index is 12.4. The molecule has 0 N–H and O–H groups in total. The zero-order chi connectivity index (χ0) is 16.2. The average molecular weight is 320 g/mol. The second-order valence-corrected chi connectivity index (χ2v) is 5.85. The van der Waals surface area contributed by atoms with Gasteiger partial charge in [-0.05, 0) is 25.0 Å². The van der Waals surface area contributed by atoms with E-state index in [1.54, 1.807) is 14.2 Å². The highest BCUT2D eigenvalue weighted by Crippen LogP contribution is 2.32. The number of ether oxygens (including phenoxy) is 3. The Balaban J connectivity index is 1.61. The van der Waals surface area contributed by atoms with Crippen LogP contribution in [0.15, 0.2) is 18.2 Å². The molecule has 0 bridgehead atoms. The molecule has 23 heavy (non-hydrogen) atoms. The van der Waals surface area contributed by atoms with Crippen LogP contribution in [0.25, 0.3) is 0 Å². The van der Waals surface area contributed by atoms with Gasteiger partial charge in [0.25, 0.3) is 5.91 Å². The van der Waals surface area contributed by atoms with E-state index < -0.39 is 0 Å². The van der Waals surface area contributed by atoms with Crippen LogP contribution < -0.4 is 14.4 Å². The second kappa shape index (κ2) is 7.08. The van der Waals surface area contributed by atoms with E-state index in [4.69, 9.17) is 14.2 Å². The highest BCUT2D eigenvalue weighted by atomic mass is 16.5. The Kier molecular flexibility index (Phi) is 4.91. The molecule has 0 aromatic heterocycles. The Morgan fingerprint density at radius 1 is 1.13 bits per heavy atom. The van der Waals surface area contributed by atoms with Crippen LogP contribution in [-0.2, 0) is 9.53 Å². The Morgan fingerprint density at radius 3 is 2.48 bits per heavy atom. The molecule has 1 amide bonds. The lowest BCUT2D eigenvalue weighted by atomic mass is 10.2. The number of methoxy groups -OCH3 is 2. The van der Waals surface area contributed by atoms with Crippen molar-refractivity contribution >= 4 is 11.6 Å². The third kappa shape index (κ3) is 3.37. The first-order chi connectivity index (χ1) is 11.2. The lowest BCUT2D eigenvalue weighted by molar-refractivity contribution is -0.141. The van der Waals surface area contributed by atoms with Crippen molar-refractivity contribution in [1.82, 2.24) is 4.90 Å². The van der Waals surface area contributed by atoms with E-state index in [2.05, 4.69) is 4.90 Å². The van der Waals surface area contributed by atoms with E-state index in [9.17, 15) is 4.79 Å². The van der Waals surface area contributed by atoms with Gasteiger partial charge in [-0.25, -0.2) is 0 Å². The van der Waals surface area contributed by atoms with Gasteiger partial charge >= 0.3 is 0 Å². The predicted molar refractivity (Wildman–Crippen MR) is 87.3 cm³/mol. The Labute approximate surface area is 136 Å². The van der Waals surface area contributed by atoms with Gasteiger partial charge in [0.15, 0.2) is 11.5 Å². The number of nitrogens with zero attached hydrogens (tertiary/aromatic N) is 2. The van der Waals surface area contributed by atoms with Gasteiger partial charge in [0.2, 0.25) is 0 Å². The SMILES string of the molecule is COc1ccc(N2CCN(C(=O)C3CCCO3)CC2)cc1OC. The standard InChI is InChI=1S/C17H24N2O4/c1-21-14-6-5-13(12-16(14)22-2)18-7-9-19(10-8-18)17(20)15-4-3-11-23-15/h5-6,12,15H,3-4,7-11H2,1-2H3. The molecule has 2 aliphatic heterocycles.